The van der Waals surface area contributed by atoms with E-state index in [1.54, 1.807) is 0 Å². The van der Waals surface area contributed by atoms with Crippen LogP contribution in [0.1, 0.15) is 49.9 Å². The Morgan fingerprint density at radius 2 is 1.69 bits per heavy atom. The van der Waals surface area contributed by atoms with Crippen molar-refractivity contribution < 1.29 is 4.74 Å². The molecule has 0 aliphatic heterocycles. The molecule has 0 bridgehead atoms. The van der Waals surface area contributed by atoms with E-state index in [2.05, 4.69) is 32.9 Å². The molecule has 0 fully saturated rings. The molecule has 2 heteroatoms. The Balaban J connectivity index is 3.07. The minimum Gasteiger partial charge on any atom is -0.491 e. The van der Waals surface area contributed by atoms with E-state index in [0.29, 0.717) is 0 Å². The van der Waals surface area contributed by atoms with Crippen molar-refractivity contribution in [3.05, 3.63) is 28.8 Å². The molecule has 1 aromatic carbocycles. The zero-order valence-corrected chi connectivity index (χ0v) is 11.0. The van der Waals surface area contributed by atoms with Gasteiger partial charge in [-0.1, -0.05) is 6.92 Å². The van der Waals surface area contributed by atoms with Crippen molar-refractivity contribution in [2.75, 3.05) is 0 Å². The van der Waals surface area contributed by atoms with Crippen LogP contribution < -0.4 is 10.5 Å². The molecule has 1 rings (SSSR count). The van der Waals surface area contributed by atoms with Gasteiger partial charge in [0.05, 0.1) is 6.10 Å². The lowest BCUT2D eigenvalue weighted by molar-refractivity contribution is 0.242. The average molecular weight is 221 g/mol. The lowest BCUT2D eigenvalue weighted by atomic mass is 9.95. The minimum atomic E-state index is 0.132. The Kier molecular flexibility index (Phi) is 4.36. The van der Waals surface area contributed by atoms with Gasteiger partial charge >= 0.3 is 0 Å². The monoisotopic (exact) mass is 221 g/mol. The molecule has 0 aliphatic rings. The standard InChI is InChI=1S/C14H23NO/c1-6-13(15)14-10(4)7-12(8-11(14)5)16-9(2)3/h7-9,13H,6,15H2,1-5H3. The first-order chi connectivity index (χ1) is 7.45. The maximum Gasteiger partial charge on any atom is 0.120 e. The van der Waals surface area contributed by atoms with E-state index >= 15 is 0 Å². The Morgan fingerprint density at radius 1 is 1.19 bits per heavy atom. The van der Waals surface area contributed by atoms with Gasteiger partial charge in [0, 0.05) is 6.04 Å². The number of aryl methyl sites for hydroxylation is 2. The van der Waals surface area contributed by atoms with Crippen LogP contribution in [0.25, 0.3) is 0 Å². The van der Waals surface area contributed by atoms with Gasteiger partial charge in [-0.2, -0.15) is 0 Å². The first kappa shape index (κ1) is 13.0. The lowest BCUT2D eigenvalue weighted by Gasteiger charge is -2.18. The SMILES string of the molecule is CCC(N)c1c(C)cc(OC(C)C)cc1C. The molecule has 16 heavy (non-hydrogen) atoms. The molecule has 0 saturated carbocycles. The van der Waals surface area contributed by atoms with E-state index in [9.17, 15) is 0 Å². The summed E-state index contributed by atoms with van der Waals surface area (Å²) >= 11 is 0. The highest BCUT2D eigenvalue weighted by Gasteiger charge is 2.12. The van der Waals surface area contributed by atoms with Crippen LogP contribution >= 0.6 is 0 Å². The van der Waals surface area contributed by atoms with E-state index in [0.717, 1.165) is 12.2 Å². The normalized spacial score (nSPS) is 12.9. The summed E-state index contributed by atoms with van der Waals surface area (Å²) in [6, 6.07) is 4.29. The van der Waals surface area contributed by atoms with Crippen molar-refractivity contribution in [1.82, 2.24) is 0 Å². The number of ether oxygens (including phenoxy) is 1. The fourth-order valence-electron chi connectivity index (χ4n) is 2.06. The van der Waals surface area contributed by atoms with Crippen LogP contribution in [0.3, 0.4) is 0 Å². The van der Waals surface area contributed by atoms with Gasteiger partial charge in [-0.3, -0.25) is 0 Å². The van der Waals surface area contributed by atoms with Crippen molar-refractivity contribution in [3.63, 3.8) is 0 Å². The topological polar surface area (TPSA) is 35.2 Å². The Labute approximate surface area is 98.8 Å². The molecular formula is C14H23NO. The zero-order chi connectivity index (χ0) is 12.3. The third-order valence-electron chi connectivity index (χ3n) is 2.75. The molecule has 1 atom stereocenters. The van der Waals surface area contributed by atoms with Crippen molar-refractivity contribution in [2.24, 2.45) is 5.73 Å². The molecule has 0 spiro atoms. The predicted molar refractivity (Wildman–Crippen MR) is 68.9 cm³/mol. The van der Waals surface area contributed by atoms with Crippen LogP contribution in [0.2, 0.25) is 0 Å². The summed E-state index contributed by atoms with van der Waals surface area (Å²) in [5, 5.41) is 0. The van der Waals surface area contributed by atoms with Gasteiger partial charge in [-0.05, 0) is 62.9 Å². The largest absolute Gasteiger partial charge is 0.491 e. The lowest BCUT2D eigenvalue weighted by Crippen LogP contribution is -2.13. The third-order valence-corrected chi connectivity index (χ3v) is 2.75. The molecule has 0 amide bonds. The van der Waals surface area contributed by atoms with Crippen LogP contribution in [0.4, 0.5) is 0 Å². The number of benzene rings is 1. The summed E-state index contributed by atoms with van der Waals surface area (Å²) in [6.45, 7) is 10.4. The van der Waals surface area contributed by atoms with Crippen molar-refractivity contribution in [1.29, 1.82) is 0 Å². The smallest absolute Gasteiger partial charge is 0.120 e. The highest BCUT2D eigenvalue weighted by molar-refractivity contribution is 5.42. The van der Waals surface area contributed by atoms with E-state index in [1.165, 1.54) is 16.7 Å². The second kappa shape index (κ2) is 5.35. The van der Waals surface area contributed by atoms with Crippen LogP contribution in [-0.2, 0) is 0 Å². The van der Waals surface area contributed by atoms with Crippen LogP contribution in [0.15, 0.2) is 12.1 Å². The molecule has 1 unspecified atom stereocenters. The minimum absolute atomic E-state index is 0.132. The molecular weight excluding hydrogens is 198 g/mol. The number of hydrogen-bond acceptors (Lipinski definition) is 2. The van der Waals surface area contributed by atoms with Gasteiger partial charge in [0.2, 0.25) is 0 Å². The zero-order valence-electron chi connectivity index (χ0n) is 11.0. The summed E-state index contributed by atoms with van der Waals surface area (Å²) < 4.78 is 5.70. The number of rotatable bonds is 4. The van der Waals surface area contributed by atoms with Crippen LogP contribution in [-0.4, -0.2) is 6.10 Å². The molecule has 0 heterocycles. The van der Waals surface area contributed by atoms with Crippen LogP contribution in [0, 0.1) is 13.8 Å². The molecule has 0 saturated heterocycles. The predicted octanol–water partition coefficient (Wildman–Crippen LogP) is 3.50. The highest BCUT2D eigenvalue weighted by atomic mass is 16.5. The third kappa shape index (κ3) is 2.99. The fourth-order valence-corrected chi connectivity index (χ4v) is 2.06. The molecule has 2 nitrogen and oxygen atoms in total. The van der Waals surface area contributed by atoms with Gasteiger partial charge in [-0.25, -0.2) is 0 Å². The van der Waals surface area contributed by atoms with Gasteiger partial charge in [0.15, 0.2) is 0 Å². The van der Waals surface area contributed by atoms with Crippen LogP contribution in [0.5, 0.6) is 5.75 Å². The van der Waals surface area contributed by atoms with Gasteiger partial charge in [0.1, 0.15) is 5.75 Å². The maximum atomic E-state index is 6.11. The van der Waals surface area contributed by atoms with E-state index in [-0.39, 0.29) is 12.1 Å². The average Bonchev–Trinajstić information content (AvgIpc) is 2.15. The first-order valence-corrected chi connectivity index (χ1v) is 5.99. The second-order valence-electron chi connectivity index (χ2n) is 4.65. The van der Waals surface area contributed by atoms with Crippen molar-refractivity contribution >= 4 is 0 Å². The number of nitrogens with two attached hydrogens (primary N) is 1. The Morgan fingerprint density at radius 3 is 2.06 bits per heavy atom. The van der Waals surface area contributed by atoms with E-state index < -0.39 is 0 Å². The van der Waals surface area contributed by atoms with Crippen molar-refractivity contribution in [3.8, 4) is 5.75 Å². The molecule has 0 aliphatic carbocycles. The quantitative estimate of drug-likeness (QED) is 0.844. The van der Waals surface area contributed by atoms with Gasteiger partial charge in [0.25, 0.3) is 0 Å². The summed E-state index contributed by atoms with van der Waals surface area (Å²) in [5.74, 6) is 0.942. The molecule has 1 aromatic rings. The molecule has 0 aromatic heterocycles. The fraction of sp³-hybridized carbons (Fsp3) is 0.571. The van der Waals surface area contributed by atoms with E-state index in [1.807, 2.05) is 13.8 Å². The van der Waals surface area contributed by atoms with E-state index in [4.69, 9.17) is 10.5 Å². The summed E-state index contributed by atoms with van der Waals surface area (Å²) in [5.41, 5.74) is 9.82. The summed E-state index contributed by atoms with van der Waals surface area (Å²) in [6.07, 6.45) is 1.18. The summed E-state index contributed by atoms with van der Waals surface area (Å²) in [4.78, 5) is 0. The molecule has 2 N–H and O–H groups in total. The summed E-state index contributed by atoms with van der Waals surface area (Å²) in [7, 11) is 0. The van der Waals surface area contributed by atoms with Gasteiger partial charge in [-0.15, -0.1) is 0 Å². The Hall–Kier alpha value is -1.02. The molecule has 0 radical (unpaired) electrons. The van der Waals surface area contributed by atoms with Crippen molar-refractivity contribution in [2.45, 2.75) is 53.2 Å². The molecule has 90 valence electrons. The highest BCUT2D eigenvalue weighted by Crippen LogP contribution is 2.27. The first-order valence-electron chi connectivity index (χ1n) is 5.99. The second-order valence-corrected chi connectivity index (χ2v) is 4.65. The number of hydrogen-bond donors (Lipinski definition) is 1. The maximum absolute atomic E-state index is 6.11. The van der Waals surface area contributed by atoms with Gasteiger partial charge < -0.3 is 10.5 Å². The Bertz CT molecular complexity index is 335.